The monoisotopic (exact) mass is 292 g/mol. The van der Waals surface area contributed by atoms with Crippen molar-refractivity contribution >= 4 is 5.91 Å². The number of carbonyl (C=O) groups excluding carboxylic acids is 1. The minimum atomic E-state index is -0.458. The van der Waals surface area contributed by atoms with Crippen LogP contribution in [0, 0.1) is 12.7 Å². The molecule has 0 spiro atoms. The maximum absolute atomic E-state index is 13.8. The first kappa shape index (κ1) is 14.5. The second-order valence-corrected chi connectivity index (χ2v) is 6.09. The third-order valence-corrected chi connectivity index (χ3v) is 4.38. The molecule has 1 aromatic rings. The fraction of sp³-hybridized carbons (Fsp3) is 0.562. The molecular weight excluding hydrogens is 271 g/mol. The van der Waals surface area contributed by atoms with Crippen molar-refractivity contribution in [3.8, 4) is 0 Å². The number of morpholine rings is 1. The van der Waals surface area contributed by atoms with Gasteiger partial charge in [0, 0.05) is 25.2 Å². The topological polar surface area (TPSA) is 41.6 Å². The lowest BCUT2D eigenvalue weighted by atomic mass is 10.1. The van der Waals surface area contributed by atoms with Crippen molar-refractivity contribution in [2.24, 2.45) is 0 Å². The van der Waals surface area contributed by atoms with Crippen LogP contribution in [0.25, 0.3) is 0 Å². The van der Waals surface area contributed by atoms with Gasteiger partial charge in [0.05, 0.1) is 18.3 Å². The molecule has 1 amide bonds. The van der Waals surface area contributed by atoms with E-state index in [2.05, 4.69) is 17.1 Å². The molecule has 3 rings (SSSR count). The standard InChI is InChI=1S/C16H21FN2O2/c1-10-4-3-5-14(17)15(10)16(20)18-12-6-13-9-21-11(2)7-19(13)8-12/h3-5,11-13H,6-9H2,1-2H3,(H,18,20)/t11-,12-,13-/m0/s1. The number of rotatable bonds is 2. The van der Waals surface area contributed by atoms with Crippen molar-refractivity contribution in [3.63, 3.8) is 0 Å². The lowest BCUT2D eigenvalue weighted by molar-refractivity contribution is -0.0390. The van der Waals surface area contributed by atoms with Crippen LogP contribution < -0.4 is 5.32 Å². The summed E-state index contributed by atoms with van der Waals surface area (Å²) in [6.07, 6.45) is 1.11. The van der Waals surface area contributed by atoms with E-state index in [1.807, 2.05) is 0 Å². The Morgan fingerprint density at radius 1 is 1.43 bits per heavy atom. The molecule has 3 atom stereocenters. The Hall–Kier alpha value is -1.46. The Kier molecular flexibility index (Phi) is 3.95. The lowest BCUT2D eigenvalue weighted by Gasteiger charge is -2.33. The molecule has 0 radical (unpaired) electrons. The number of amides is 1. The first-order valence-electron chi connectivity index (χ1n) is 7.46. The number of nitrogens with zero attached hydrogens (tertiary/aromatic N) is 1. The van der Waals surface area contributed by atoms with E-state index in [0.717, 1.165) is 19.5 Å². The summed E-state index contributed by atoms with van der Waals surface area (Å²) in [5.41, 5.74) is 0.826. The summed E-state index contributed by atoms with van der Waals surface area (Å²) >= 11 is 0. The van der Waals surface area contributed by atoms with Gasteiger partial charge in [0.15, 0.2) is 0 Å². The zero-order chi connectivity index (χ0) is 15.0. The molecule has 1 N–H and O–H groups in total. The summed E-state index contributed by atoms with van der Waals surface area (Å²) in [5.74, 6) is -0.774. The molecule has 2 saturated heterocycles. The van der Waals surface area contributed by atoms with E-state index in [-0.39, 0.29) is 23.6 Å². The molecule has 0 saturated carbocycles. The summed E-state index contributed by atoms with van der Waals surface area (Å²) in [6.45, 7) is 6.25. The van der Waals surface area contributed by atoms with E-state index in [9.17, 15) is 9.18 Å². The van der Waals surface area contributed by atoms with Crippen molar-refractivity contribution in [2.45, 2.75) is 38.5 Å². The fourth-order valence-corrected chi connectivity index (χ4v) is 3.32. The number of halogens is 1. The number of carbonyl (C=O) groups is 1. The number of hydrogen-bond donors (Lipinski definition) is 1. The van der Waals surface area contributed by atoms with Gasteiger partial charge in [-0.05, 0) is 31.9 Å². The quantitative estimate of drug-likeness (QED) is 0.902. The molecule has 2 heterocycles. The molecule has 0 unspecified atom stereocenters. The lowest BCUT2D eigenvalue weighted by Crippen LogP contribution is -2.45. The van der Waals surface area contributed by atoms with Gasteiger partial charge < -0.3 is 10.1 Å². The third-order valence-electron chi connectivity index (χ3n) is 4.38. The van der Waals surface area contributed by atoms with Crippen molar-refractivity contribution in [1.82, 2.24) is 10.2 Å². The summed E-state index contributed by atoms with van der Waals surface area (Å²) in [4.78, 5) is 14.7. The van der Waals surface area contributed by atoms with Crippen molar-refractivity contribution in [2.75, 3.05) is 19.7 Å². The van der Waals surface area contributed by atoms with E-state index in [0.29, 0.717) is 18.2 Å². The van der Waals surface area contributed by atoms with Gasteiger partial charge in [0.2, 0.25) is 0 Å². The van der Waals surface area contributed by atoms with Crippen LogP contribution in [0.2, 0.25) is 0 Å². The zero-order valence-corrected chi connectivity index (χ0v) is 12.4. The fourth-order valence-electron chi connectivity index (χ4n) is 3.32. The molecule has 114 valence electrons. The Morgan fingerprint density at radius 2 is 2.24 bits per heavy atom. The predicted molar refractivity (Wildman–Crippen MR) is 77.8 cm³/mol. The second-order valence-electron chi connectivity index (χ2n) is 6.09. The van der Waals surface area contributed by atoms with Gasteiger partial charge in [0.1, 0.15) is 5.82 Å². The van der Waals surface area contributed by atoms with Crippen LogP contribution in [0.3, 0.4) is 0 Å². The average molecular weight is 292 g/mol. The minimum absolute atomic E-state index is 0.0652. The first-order chi connectivity index (χ1) is 10.0. The van der Waals surface area contributed by atoms with E-state index >= 15 is 0 Å². The van der Waals surface area contributed by atoms with E-state index in [1.165, 1.54) is 6.07 Å². The average Bonchev–Trinajstić information content (AvgIpc) is 2.79. The Morgan fingerprint density at radius 3 is 3.00 bits per heavy atom. The van der Waals surface area contributed by atoms with Crippen molar-refractivity contribution in [3.05, 3.63) is 35.1 Å². The van der Waals surface area contributed by atoms with Crippen LogP contribution in [0.4, 0.5) is 4.39 Å². The highest BCUT2D eigenvalue weighted by Crippen LogP contribution is 2.23. The highest BCUT2D eigenvalue weighted by atomic mass is 19.1. The normalized spacial score (nSPS) is 29.2. The Balaban J connectivity index is 1.66. The predicted octanol–water partition coefficient (Wildman–Crippen LogP) is 1.73. The largest absolute Gasteiger partial charge is 0.376 e. The number of hydrogen-bond acceptors (Lipinski definition) is 3. The number of aryl methyl sites for hydroxylation is 1. The van der Waals surface area contributed by atoms with Gasteiger partial charge in [0.25, 0.3) is 5.91 Å². The highest BCUT2D eigenvalue weighted by Gasteiger charge is 2.37. The molecule has 2 aliphatic heterocycles. The molecule has 0 aromatic heterocycles. The second kappa shape index (κ2) is 5.73. The summed E-state index contributed by atoms with van der Waals surface area (Å²) in [5, 5.41) is 2.97. The highest BCUT2D eigenvalue weighted by molar-refractivity contribution is 5.96. The van der Waals surface area contributed by atoms with Gasteiger partial charge in [-0.1, -0.05) is 12.1 Å². The molecule has 2 fully saturated rings. The molecule has 0 aliphatic carbocycles. The smallest absolute Gasteiger partial charge is 0.254 e. The van der Waals surface area contributed by atoms with Gasteiger partial charge in [-0.25, -0.2) is 4.39 Å². The van der Waals surface area contributed by atoms with Crippen LogP contribution in [0.1, 0.15) is 29.3 Å². The number of benzene rings is 1. The van der Waals surface area contributed by atoms with Gasteiger partial charge >= 0.3 is 0 Å². The SMILES string of the molecule is Cc1cccc(F)c1C(=O)N[C@H]1C[C@H]2CO[C@@H](C)CN2C1. The molecular formula is C16H21FN2O2. The van der Waals surface area contributed by atoms with Gasteiger partial charge in [-0.15, -0.1) is 0 Å². The van der Waals surface area contributed by atoms with Gasteiger partial charge in [-0.3, -0.25) is 9.69 Å². The Bertz CT molecular complexity index is 529. The van der Waals surface area contributed by atoms with Crippen LogP contribution in [0.5, 0.6) is 0 Å². The molecule has 21 heavy (non-hydrogen) atoms. The molecule has 4 nitrogen and oxygen atoms in total. The van der Waals surface area contributed by atoms with Crippen LogP contribution in [-0.2, 0) is 4.74 Å². The maximum Gasteiger partial charge on any atom is 0.254 e. The third kappa shape index (κ3) is 2.94. The number of fused-ring (bicyclic) bond motifs is 1. The van der Waals surface area contributed by atoms with E-state index < -0.39 is 5.82 Å². The number of ether oxygens (including phenoxy) is 1. The van der Waals surface area contributed by atoms with Crippen LogP contribution in [0.15, 0.2) is 18.2 Å². The van der Waals surface area contributed by atoms with Crippen LogP contribution in [-0.4, -0.2) is 48.7 Å². The first-order valence-corrected chi connectivity index (χ1v) is 7.46. The molecule has 1 aromatic carbocycles. The van der Waals surface area contributed by atoms with E-state index in [4.69, 9.17) is 4.74 Å². The van der Waals surface area contributed by atoms with Crippen molar-refractivity contribution in [1.29, 1.82) is 0 Å². The van der Waals surface area contributed by atoms with Crippen LogP contribution >= 0.6 is 0 Å². The molecule has 5 heteroatoms. The molecule has 0 bridgehead atoms. The molecule has 2 aliphatic rings. The summed E-state index contributed by atoms with van der Waals surface area (Å²) in [6, 6.07) is 5.14. The zero-order valence-electron chi connectivity index (χ0n) is 12.4. The maximum atomic E-state index is 13.8. The van der Waals surface area contributed by atoms with Gasteiger partial charge in [-0.2, -0.15) is 0 Å². The summed E-state index contributed by atoms with van der Waals surface area (Å²) < 4.78 is 19.5. The minimum Gasteiger partial charge on any atom is -0.376 e. The van der Waals surface area contributed by atoms with Crippen molar-refractivity contribution < 1.29 is 13.9 Å². The summed E-state index contributed by atoms with van der Waals surface area (Å²) in [7, 11) is 0. The Labute approximate surface area is 124 Å². The number of nitrogens with one attached hydrogen (secondary N) is 1. The van der Waals surface area contributed by atoms with E-state index in [1.54, 1.807) is 19.1 Å².